The minimum Gasteiger partial charge on any atom is -0.477 e. The Kier molecular flexibility index (Phi) is 11.2. The minimum atomic E-state index is -4.15. The van der Waals surface area contributed by atoms with Gasteiger partial charge in [-0.2, -0.15) is 19.6 Å². The number of primary sulfonamides is 1. The Morgan fingerprint density at radius 1 is 0.698 bits per heavy atom. The van der Waals surface area contributed by atoms with E-state index in [1.54, 1.807) is 55.5 Å². The number of hydrogen-bond donors (Lipinski definition) is 6. The Morgan fingerprint density at radius 2 is 1.25 bits per heavy atom. The van der Waals surface area contributed by atoms with Crippen molar-refractivity contribution in [3.8, 4) is 32.8 Å². The zero-order valence-electron chi connectivity index (χ0n) is 32.7. The number of carboxylic acids is 2. The van der Waals surface area contributed by atoms with Crippen molar-refractivity contribution in [2.24, 2.45) is 5.14 Å². The first-order valence-corrected chi connectivity index (χ1v) is 23.2. The second-order valence-electron chi connectivity index (χ2n) is 14.0. The highest BCUT2D eigenvalue weighted by Gasteiger charge is 2.25. The molecule has 0 bridgehead atoms. The summed E-state index contributed by atoms with van der Waals surface area (Å²) in [6, 6.07) is 27.9. The number of aromatic nitrogens is 6. The Labute approximate surface area is 367 Å². The molecule has 4 aromatic carbocycles. The molecule has 0 radical (unpaired) electrons. The predicted octanol–water partition coefficient (Wildman–Crippen LogP) is 5.80. The van der Waals surface area contributed by atoms with E-state index in [0.717, 1.165) is 33.8 Å². The van der Waals surface area contributed by atoms with E-state index in [9.17, 15) is 36.6 Å². The van der Waals surface area contributed by atoms with Crippen LogP contribution in [0.5, 0.6) is 0 Å². The maximum atomic E-state index is 13.8. The van der Waals surface area contributed by atoms with Crippen LogP contribution in [-0.2, 0) is 32.9 Å². The summed E-state index contributed by atoms with van der Waals surface area (Å²) >= 11 is 1.81. The molecule has 4 heterocycles. The van der Waals surface area contributed by atoms with Crippen LogP contribution in [-0.4, -0.2) is 68.5 Å². The van der Waals surface area contributed by atoms with Crippen LogP contribution >= 0.6 is 22.7 Å². The summed E-state index contributed by atoms with van der Waals surface area (Å²) in [5.41, 5.74) is 18.4. The lowest BCUT2D eigenvalue weighted by atomic mass is 10.0. The standard InChI is InChI=1S/C41H34N10O8S4/c1-22-35(39(54)55)61-41(46-22)51-37(43)30(33(47-51)25-6-3-2-4-7-25)18-24-12-16-29(17-13-24)63(58,59)49-27-9-5-8-26(20-27)34-31(19-23-10-14-28(15-11-23)62(44,56)57)36(42)50(48-34)40-45-21-32(60-40)38(52)53/h2-17,20-21,49H,18-19,42-43H2,1H3,(H,52,53)(H,54,55)(H2,44,56,57). The van der Waals surface area contributed by atoms with Gasteiger partial charge >= 0.3 is 11.9 Å². The maximum Gasteiger partial charge on any atom is 0.347 e. The number of nitrogens with zero attached hydrogens (tertiary/aromatic N) is 6. The Balaban J connectivity index is 1.08. The summed E-state index contributed by atoms with van der Waals surface area (Å²) in [6.45, 7) is 1.60. The fraction of sp³-hybridized carbons (Fsp3) is 0.0732. The Hall–Kier alpha value is -7.24. The lowest BCUT2D eigenvalue weighted by molar-refractivity contribution is 0.0690. The van der Waals surface area contributed by atoms with Gasteiger partial charge in [-0.15, -0.1) is 0 Å². The third kappa shape index (κ3) is 8.65. The lowest BCUT2D eigenvalue weighted by Crippen LogP contribution is -2.13. The van der Waals surface area contributed by atoms with Gasteiger partial charge in [-0.25, -0.2) is 41.5 Å². The van der Waals surface area contributed by atoms with Gasteiger partial charge in [0.05, 0.1) is 33.1 Å². The molecule has 8 rings (SSSR count). The molecule has 0 aliphatic carbocycles. The van der Waals surface area contributed by atoms with Crippen molar-refractivity contribution in [3.63, 3.8) is 0 Å². The first-order valence-electron chi connectivity index (χ1n) is 18.5. The summed E-state index contributed by atoms with van der Waals surface area (Å²) in [5.74, 6) is -1.90. The topological polar surface area (TPSA) is 294 Å². The van der Waals surface area contributed by atoms with Crippen LogP contribution in [0.1, 0.15) is 47.3 Å². The van der Waals surface area contributed by atoms with Gasteiger partial charge in [0.1, 0.15) is 21.4 Å². The molecule has 4 aromatic heterocycles. The van der Waals surface area contributed by atoms with Gasteiger partial charge in [-0.3, -0.25) is 4.72 Å². The molecule has 0 amide bonds. The van der Waals surface area contributed by atoms with E-state index in [2.05, 4.69) is 14.7 Å². The summed E-state index contributed by atoms with van der Waals surface area (Å²) in [6.07, 6.45) is 1.60. The SMILES string of the molecule is Cc1nc(-n2nc(-c3ccccc3)c(Cc3ccc(S(=O)(=O)Nc4cccc(-c5nn(-c6ncc(C(=O)O)s6)c(N)c5Cc5ccc(S(N)(=O)=O)cc5)c4)cc3)c2N)sc1C(=O)O. The fourth-order valence-corrected chi connectivity index (χ4v) is 9.85. The largest absolute Gasteiger partial charge is 0.477 e. The molecule has 320 valence electrons. The number of sulfonamides is 2. The van der Waals surface area contributed by atoms with Crippen LogP contribution in [0.25, 0.3) is 32.8 Å². The molecule has 18 nitrogen and oxygen atoms in total. The lowest BCUT2D eigenvalue weighted by Gasteiger charge is -2.11. The average Bonchev–Trinajstić information content (AvgIpc) is 4.04. The molecule has 0 aliphatic heterocycles. The van der Waals surface area contributed by atoms with Crippen molar-refractivity contribution >= 4 is 72.0 Å². The smallest absolute Gasteiger partial charge is 0.347 e. The number of anilines is 3. The second-order valence-corrected chi connectivity index (χ2v) is 19.2. The third-order valence-corrected chi connectivity index (χ3v) is 14.2. The van der Waals surface area contributed by atoms with Gasteiger partial charge in [-0.05, 0) is 54.4 Å². The highest BCUT2D eigenvalue weighted by Crippen LogP contribution is 2.36. The molecule has 0 fully saturated rings. The molecule has 0 saturated heterocycles. The molecule has 0 atom stereocenters. The van der Waals surface area contributed by atoms with Gasteiger partial charge in [0.15, 0.2) is 0 Å². The number of thiazole rings is 2. The van der Waals surface area contributed by atoms with Crippen LogP contribution in [0.15, 0.2) is 119 Å². The van der Waals surface area contributed by atoms with Crippen LogP contribution in [0.2, 0.25) is 0 Å². The second kappa shape index (κ2) is 16.6. The van der Waals surface area contributed by atoms with E-state index in [-0.39, 0.29) is 54.8 Å². The van der Waals surface area contributed by atoms with Crippen molar-refractivity contribution in [2.45, 2.75) is 29.6 Å². The van der Waals surface area contributed by atoms with Crippen LogP contribution in [0.4, 0.5) is 17.3 Å². The minimum absolute atomic E-state index is 0.0294. The number of hydrogen-bond acceptors (Lipinski definition) is 14. The molecule has 22 heteroatoms. The predicted molar refractivity (Wildman–Crippen MR) is 238 cm³/mol. The number of carboxylic acid groups (broad SMARTS) is 2. The van der Waals surface area contributed by atoms with Gasteiger partial charge in [-0.1, -0.05) is 89.4 Å². The van der Waals surface area contributed by atoms with Crippen molar-refractivity contribution in [3.05, 3.63) is 147 Å². The molecule has 0 unspecified atom stereocenters. The number of nitrogens with one attached hydrogen (secondary N) is 1. The van der Waals surface area contributed by atoms with Crippen LogP contribution in [0, 0.1) is 6.92 Å². The monoisotopic (exact) mass is 922 g/mol. The van der Waals surface area contributed by atoms with Crippen molar-refractivity contribution < 1.29 is 36.6 Å². The highest BCUT2D eigenvalue weighted by atomic mass is 32.2. The molecule has 8 aromatic rings. The number of nitrogens with two attached hydrogens (primary N) is 3. The summed E-state index contributed by atoms with van der Waals surface area (Å²) < 4.78 is 56.7. The normalized spacial score (nSPS) is 11.8. The number of aromatic carboxylic acids is 2. The number of carbonyl (C=O) groups is 2. The van der Waals surface area contributed by atoms with E-state index in [1.165, 1.54) is 39.8 Å². The van der Waals surface area contributed by atoms with Crippen molar-refractivity contribution in [2.75, 3.05) is 16.2 Å². The van der Waals surface area contributed by atoms with Gasteiger partial charge in [0.25, 0.3) is 10.0 Å². The number of nitrogen functional groups attached to an aromatic ring is 2. The molecule has 0 aliphatic rings. The first kappa shape index (κ1) is 42.5. The van der Waals surface area contributed by atoms with E-state index in [4.69, 9.17) is 26.8 Å². The van der Waals surface area contributed by atoms with E-state index in [1.807, 2.05) is 30.3 Å². The van der Waals surface area contributed by atoms with E-state index >= 15 is 0 Å². The summed E-state index contributed by atoms with van der Waals surface area (Å²) in [5, 5.41) is 34.3. The Bertz CT molecular complexity index is 3290. The summed E-state index contributed by atoms with van der Waals surface area (Å²) in [4.78, 5) is 31.9. The van der Waals surface area contributed by atoms with Crippen LogP contribution in [0.3, 0.4) is 0 Å². The number of aryl methyl sites for hydroxylation is 1. The molecule has 63 heavy (non-hydrogen) atoms. The molecule has 0 saturated carbocycles. The third-order valence-electron chi connectivity index (χ3n) is 9.78. The summed E-state index contributed by atoms with van der Waals surface area (Å²) in [7, 11) is -8.09. The van der Waals surface area contributed by atoms with E-state index < -0.39 is 32.0 Å². The van der Waals surface area contributed by atoms with Gasteiger partial charge in [0, 0.05) is 40.8 Å². The quantitative estimate of drug-likeness (QED) is 0.0751. The zero-order valence-corrected chi connectivity index (χ0v) is 36.0. The molecular formula is C41H34N10O8S4. The van der Waals surface area contributed by atoms with Crippen molar-refractivity contribution in [1.82, 2.24) is 29.5 Å². The van der Waals surface area contributed by atoms with Gasteiger partial charge in [0.2, 0.25) is 20.3 Å². The fourth-order valence-electron chi connectivity index (χ4n) is 6.70. The molecule has 0 spiro atoms. The number of benzene rings is 4. The Morgan fingerprint density at radius 3 is 1.79 bits per heavy atom. The average molecular weight is 923 g/mol. The maximum absolute atomic E-state index is 13.8. The molecular weight excluding hydrogens is 889 g/mol. The zero-order chi connectivity index (χ0) is 44.8. The highest BCUT2D eigenvalue weighted by molar-refractivity contribution is 7.92. The van der Waals surface area contributed by atoms with Gasteiger partial charge < -0.3 is 21.7 Å². The molecule has 9 N–H and O–H groups in total. The van der Waals surface area contributed by atoms with Crippen LogP contribution < -0.4 is 21.3 Å². The number of rotatable bonds is 14. The van der Waals surface area contributed by atoms with Crippen molar-refractivity contribution in [1.29, 1.82) is 0 Å². The first-order chi connectivity index (χ1) is 30.0. The van der Waals surface area contributed by atoms with E-state index in [0.29, 0.717) is 44.5 Å².